The lowest BCUT2D eigenvalue weighted by atomic mass is 10.2. The maximum absolute atomic E-state index is 13.0. The molecule has 0 spiro atoms. The fraction of sp³-hybridized carbons (Fsp3) is 0.308. The first-order chi connectivity index (χ1) is 9.70. The highest BCUT2D eigenvalue weighted by atomic mass is 32.2. The molecule has 3 rings (SSSR count). The third kappa shape index (κ3) is 3.55. The van der Waals surface area contributed by atoms with E-state index in [2.05, 4.69) is 15.5 Å². The first kappa shape index (κ1) is 13.5. The maximum atomic E-state index is 13.0. The highest BCUT2D eigenvalue weighted by Crippen LogP contribution is 2.32. The number of benzene rings is 1. The maximum Gasteiger partial charge on any atom is 0.229 e. The van der Waals surface area contributed by atoms with Crippen molar-refractivity contribution < 1.29 is 9.18 Å². The molecule has 7 heteroatoms. The summed E-state index contributed by atoms with van der Waals surface area (Å²) in [7, 11) is 0. The van der Waals surface area contributed by atoms with E-state index in [0.717, 1.165) is 22.7 Å². The molecule has 0 radical (unpaired) electrons. The number of nitrogens with one attached hydrogen (secondary N) is 1. The van der Waals surface area contributed by atoms with Crippen molar-refractivity contribution in [3.05, 3.63) is 35.6 Å². The number of anilines is 1. The summed E-state index contributed by atoms with van der Waals surface area (Å²) in [6, 6.07) is 6.48. The lowest BCUT2D eigenvalue weighted by molar-refractivity contribution is -0.117. The van der Waals surface area contributed by atoms with Crippen LogP contribution in [-0.2, 0) is 10.5 Å². The number of halogens is 1. The summed E-state index contributed by atoms with van der Waals surface area (Å²) in [5.41, 5.74) is 0.897. The molecule has 104 valence electrons. The molecular weight excluding hydrogens is 297 g/mol. The third-order valence-electron chi connectivity index (χ3n) is 2.84. The molecule has 1 fully saturated rings. The zero-order valence-electron chi connectivity index (χ0n) is 10.5. The van der Waals surface area contributed by atoms with Crippen LogP contribution in [0.25, 0.3) is 0 Å². The molecule has 4 nitrogen and oxygen atoms in total. The lowest BCUT2D eigenvalue weighted by Crippen LogP contribution is -2.12. The predicted molar refractivity (Wildman–Crippen MR) is 77.2 cm³/mol. The topological polar surface area (TPSA) is 54.9 Å². The smallest absolute Gasteiger partial charge is 0.229 e. The molecule has 1 saturated carbocycles. The van der Waals surface area contributed by atoms with Gasteiger partial charge >= 0.3 is 0 Å². The van der Waals surface area contributed by atoms with Gasteiger partial charge in [-0.2, -0.15) is 0 Å². The van der Waals surface area contributed by atoms with Gasteiger partial charge in [-0.25, -0.2) is 4.39 Å². The number of hydrogen-bond donors (Lipinski definition) is 1. The van der Waals surface area contributed by atoms with Crippen molar-refractivity contribution in [1.82, 2.24) is 10.2 Å². The number of thioether (sulfide) groups is 1. The normalized spacial score (nSPS) is 14.2. The van der Waals surface area contributed by atoms with Crippen molar-refractivity contribution >= 4 is 34.1 Å². The standard InChI is InChI=1S/C13H12FN3OS2/c14-10-3-1-2-8(6-10)7-19-13-17-16-12(20-13)15-11(18)9-4-5-9/h1-3,6,9H,4-5,7H2,(H,15,16,18). The largest absolute Gasteiger partial charge is 0.300 e. The van der Waals surface area contributed by atoms with Crippen molar-refractivity contribution in [3.8, 4) is 0 Å². The summed E-state index contributed by atoms with van der Waals surface area (Å²) in [5.74, 6) is 0.575. The Balaban J connectivity index is 1.55. The van der Waals surface area contributed by atoms with Gasteiger partial charge in [0.05, 0.1) is 0 Å². The van der Waals surface area contributed by atoms with Gasteiger partial charge in [0.1, 0.15) is 5.82 Å². The summed E-state index contributed by atoms with van der Waals surface area (Å²) < 4.78 is 13.8. The molecule has 0 aliphatic heterocycles. The zero-order valence-corrected chi connectivity index (χ0v) is 12.1. The minimum atomic E-state index is -0.238. The van der Waals surface area contributed by atoms with Crippen LogP contribution >= 0.6 is 23.1 Å². The second-order valence-electron chi connectivity index (χ2n) is 4.56. The van der Waals surface area contributed by atoms with Crippen LogP contribution < -0.4 is 5.32 Å². The van der Waals surface area contributed by atoms with E-state index in [1.54, 1.807) is 6.07 Å². The molecule has 20 heavy (non-hydrogen) atoms. The Morgan fingerprint density at radius 1 is 1.45 bits per heavy atom. The van der Waals surface area contributed by atoms with Gasteiger partial charge in [-0.1, -0.05) is 35.2 Å². The Labute approximate surface area is 123 Å². The predicted octanol–water partition coefficient (Wildman–Crippen LogP) is 3.32. The zero-order chi connectivity index (χ0) is 13.9. The van der Waals surface area contributed by atoms with Crippen molar-refractivity contribution in [1.29, 1.82) is 0 Å². The first-order valence-electron chi connectivity index (χ1n) is 6.22. The number of carbonyl (C=O) groups excluding carboxylic acids is 1. The van der Waals surface area contributed by atoms with Crippen molar-refractivity contribution in [3.63, 3.8) is 0 Å². The molecule has 0 bridgehead atoms. The summed E-state index contributed by atoms with van der Waals surface area (Å²) in [5, 5.41) is 11.2. The Hall–Kier alpha value is -1.47. The number of hydrogen-bond acceptors (Lipinski definition) is 5. The molecule has 0 saturated heterocycles. The SMILES string of the molecule is O=C(Nc1nnc(SCc2cccc(F)c2)s1)C1CC1. The molecule has 1 aliphatic rings. The van der Waals surface area contributed by atoms with Gasteiger partial charge < -0.3 is 5.32 Å². The van der Waals surface area contributed by atoms with Gasteiger partial charge in [-0.15, -0.1) is 10.2 Å². The Morgan fingerprint density at radius 2 is 2.30 bits per heavy atom. The minimum Gasteiger partial charge on any atom is -0.300 e. The fourth-order valence-corrected chi connectivity index (χ4v) is 3.34. The molecule has 1 aromatic carbocycles. The van der Waals surface area contributed by atoms with Crippen LogP contribution in [0, 0.1) is 11.7 Å². The number of nitrogens with zero attached hydrogens (tertiary/aromatic N) is 2. The molecule has 1 heterocycles. The number of amides is 1. The van der Waals surface area contributed by atoms with Crippen molar-refractivity contribution in [2.45, 2.75) is 22.9 Å². The molecule has 1 amide bonds. The minimum absolute atomic E-state index is 0.0304. The van der Waals surface area contributed by atoms with Crippen LogP contribution in [-0.4, -0.2) is 16.1 Å². The molecule has 0 atom stereocenters. The van der Waals surface area contributed by atoms with Crippen molar-refractivity contribution in [2.75, 3.05) is 5.32 Å². The van der Waals surface area contributed by atoms with Gasteiger partial charge in [-0.05, 0) is 30.5 Å². The summed E-state index contributed by atoms with van der Waals surface area (Å²) in [4.78, 5) is 11.6. The van der Waals surface area contributed by atoms with Gasteiger partial charge in [0, 0.05) is 11.7 Å². The molecule has 1 aromatic heterocycles. The highest BCUT2D eigenvalue weighted by molar-refractivity contribution is 8.00. The van der Waals surface area contributed by atoms with Crippen molar-refractivity contribution in [2.24, 2.45) is 5.92 Å². The lowest BCUT2D eigenvalue weighted by Gasteiger charge is -1.98. The van der Waals surface area contributed by atoms with Gasteiger partial charge in [0.25, 0.3) is 0 Å². The van der Waals surface area contributed by atoms with Crippen LogP contribution in [0.1, 0.15) is 18.4 Å². The first-order valence-corrected chi connectivity index (χ1v) is 8.02. The van der Waals surface area contributed by atoms with Gasteiger partial charge in [-0.3, -0.25) is 4.79 Å². The second-order valence-corrected chi connectivity index (χ2v) is 6.76. The third-order valence-corrected chi connectivity index (χ3v) is 4.88. The molecule has 0 unspecified atom stereocenters. The summed E-state index contributed by atoms with van der Waals surface area (Å²) in [6.45, 7) is 0. The highest BCUT2D eigenvalue weighted by Gasteiger charge is 2.30. The van der Waals surface area contributed by atoms with Crippen LogP contribution in [0.2, 0.25) is 0 Å². The van der Waals surface area contributed by atoms with E-state index in [4.69, 9.17) is 0 Å². The fourth-order valence-electron chi connectivity index (χ4n) is 1.64. The van der Waals surface area contributed by atoms with E-state index < -0.39 is 0 Å². The van der Waals surface area contributed by atoms with E-state index >= 15 is 0 Å². The van der Waals surface area contributed by atoms with Crippen LogP contribution in [0.15, 0.2) is 28.6 Å². The summed E-state index contributed by atoms with van der Waals surface area (Å²) >= 11 is 2.83. The quantitative estimate of drug-likeness (QED) is 0.680. The Bertz CT molecular complexity index is 628. The molecule has 1 N–H and O–H groups in total. The van der Waals surface area contributed by atoms with E-state index in [0.29, 0.717) is 10.9 Å². The van der Waals surface area contributed by atoms with E-state index in [1.165, 1.54) is 35.2 Å². The second kappa shape index (κ2) is 5.88. The average Bonchev–Trinajstić information content (AvgIpc) is 3.19. The number of rotatable bonds is 5. The molecular formula is C13H12FN3OS2. The van der Waals surface area contributed by atoms with Gasteiger partial charge in [0.2, 0.25) is 11.0 Å². The van der Waals surface area contributed by atoms with Gasteiger partial charge in [0.15, 0.2) is 4.34 Å². The molecule has 1 aliphatic carbocycles. The summed E-state index contributed by atoms with van der Waals surface area (Å²) in [6.07, 6.45) is 1.93. The van der Waals surface area contributed by atoms with E-state index in [-0.39, 0.29) is 17.6 Å². The Morgan fingerprint density at radius 3 is 3.05 bits per heavy atom. The van der Waals surface area contributed by atoms with Crippen LogP contribution in [0.5, 0.6) is 0 Å². The van der Waals surface area contributed by atoms with E-state index in [1.807, 2.05) is 6.07 Å². The van der Waals surface area contributed by atoms with Crippen LogP contribution in [0.3, 0.4) is 0 Å². The van der Waals surface area contributed by atoms with E-state index in [9.17, 15) is 9.18 Å². The number of aromatic nitrogens is 2. The number of carbonyl (C=O) groups is 1. The average molecular weight is 309 g/mol. The Kier molecular flexibility index (Phi) is 3.98. The monoisotopic (exact) mass is 309 g/mol. The molecule has 2 aromatic rings. The van der Waals surface area contributed by atoms with Crippen LogP contribution in [0.4, 0.5) is 9.52 Å².